The molecular weight excluding hydrogens is 539 g/mol. The number of piperazine rings is 1. The van der Waals surface area contributed by atoms with Crippen LogP contribution in [0.25, 0.3) is 0 Å². The summed E-state index contributed by atoms with van der Waals surface area (Å²) in [5.74, 6) is -2.04. The predicted octanol–water partition coefficient (Wildman–Crippen LogP) is 4.62. The summed E-state index contributed by atoms with van der Waals surface area (Å²) in [6, 6.07) is 14.7. The van der Waals surface area contributed by atoms with E-state index in [0.29, 0.717) is 49.8 Å². The minimum Gasteiger partial charge on any atom is -0.494 e. The number of carboxylic acids is 1. The minimum absolute atomic E-state index is 0.0788. The average molecular weight is 572 g/mol. The lowest BCUT2D eigenvalue weighted by molar-refractivity contribution is -0.192. The van der Waals surface area contributed by atoms with Crippen LogP contribution in [0.1, 0.15) is 42.1 Å². The quantitative estimate of drug-likeness (QED) is 0.404. The van der Waals surface area contributed by atoms with Crippen LogP contribution in [0.2, 0.25) is 5.02 Å². The summed E-state index contributed by atoms with van der Waals surface area (Å²) in [5.41, 5.74) is 1.50. The van der Waals surface area contributed by atoms with Gasteiger partial charge in [-0.25, -0.2) is 4.79 Å². The van der Waals surface area contributed by atoms with Gasteiger partial charge < -0.3 is 25.0 Å². The molecule has 0 bridgehead atoms. The zero-order chi connectivity index (χ0) is 28.8. The van der Waals surface area contributed by atoms with Gasteiger partial charge in [-0.15, -0.1) is 0 Å². The molecule has 1 aliphatic rings. The summed E-state index contributed by atoms with van der Waals surface area (Å²) < 4.78 is 37.4. The van der Waals surface area contributed by atoms with E-state index in [2.05, 4.69) is 12.2 Å². The maximum atomic E-state index is 13.3. The van der Waals surface area contributed by atoms with Crippen molar-refractivity contribution in [3.05, 3.63) is 64.7 Å². The van der Waals surface area contributed by atoms with Crippen molar-refractivity contribution in [2.45, 2.75) is 38.9 Å². The number of benzene rings is 2. The Hall–Kier alpha value is -3.31. The average Bonchev–Trinajstić information content (AvgIpc) is 2.91. The topological polar surface area (TPSA) is 99.2 Å². The molecule has 1 aliphatic heterocycles. The number of hydrogen-bond acceptors (Lipinski definition) is 5. The molecule has 8 nitrogen and oxygen atoms in total. The van der Waals surface area contributed by atoms with Gasteiger partial charge in [0.2, 0.25) is 5.91 Å². The van der Waals surface area contributed by atoms with E-state index in [-0.39, 0.29) is 11.8 Å². The van der Waals surface area contributed by atoms with Crippen LogP contribution in [0, 0.1) is 0 Å². The fraction of sp³-hybridized carbons (Fsp3) is 0.444. The van der Waals surface area contributed by atoms with Crippen molar-refractivity contribution in [3.63, 3.8) is 0 Å². The van der Waals surface area contributed by atoms with E-state index < -0.39 is 12.1 Å². The Balaban J connectivity index is 0.000000673. The highest BCUT2D eigenvalue weighted by molar-refractivity contribution is 6.30. The molecule has 214 valence electrons. The summed E-state index contributed by atoms with van der Waals surface area (Å²) in [4.78, 5) is 38.5. The Kier molecular flexibility index (Phi) is 13.0. The summed E-state index contributed by atoms with van der Waals surface area (Å²) in [5, 5.41) is 11.0. The number of halogens is 4. The van der Waals surface area contributed by atoms with Crippen LogP contribution in [0.3, 0.4) is 0 Å². The molecule has 39 heavy (non-hydrogen) atoms. The summed E-state index contributed by atoms with van der Waals surface area (Å²) in [6.07, 6.45) is -2.72. The lowest BCUT2D eigenvalue weighted by atomic mass is 10.1. The van der Waals surface area contributed by atoms with Crippen molar-refractivity contribution in [3.8, 4) is 5.75 Å². The van der Waals surface area contributed by atoms with Crippen LogP contribution in [-0.2, 0) is 16.1 Å². The number of carbonyl (C=O) groups is 3. The van der Waals surface area contributed by atoms with Crippen molar-refractivity contribution < 1.29 is 37.4 Å². The zero-order valence-corrected chi connectivity index (χ0v) is 22.4. The van der Waals surface area contributed by atoms with E-state index in [1.54, 1.807) is 17.0 Å². The lowest BCUT2D eigenvalue weighted by Gasteiger charge is -2.29. The summed E-state index contributed by atoms with van der Waals surface area (Å²) in [6.45, 7) is 6.56. The first-order valence-electron chi connectivity index (χ1n) is 12.6. The number of unbranched alkanes of at least 4 members (excludes halogenated alkanes) is 1. The van der Waals surface area contributed by atoms with Crippen molar-refractivity contribution in [2.24, 2.45) is 0 Å². The molecule has 2 amide bonds. The molecular formula is C27H33ClF3N3O5. The van der Waals surface area contributed by atoms with E-state index >= 15 is 0 Å². The first-order valence-corrected chi connectivity index (χ1v) is 12.9. The third kappa shape index (κ3) is 11.5. The molecule has 1 fully saturated rings. The molecule has 2 N–H and O–H groups in total. The summed E-state index contributed by atoms with van der Waals surface area (Å²) in [7, 11) is 0. The van der Waals surface area contributed by atoms with Gasteiger partial charge in [0.25, 0.3) is 5.91 Å². The maximum Gasteiger partial charge on any atom is 0.490 e. The highest BCUT2D eigenvalue weighted by Gasteiger charge is 2.38. The molecule has 1 saturated heterocycles. The van der Waals surface area contributed by atoms with Crippen LogP contribution in [0.15, 0.2) is 48.5 Å². The number of carboxylic acid groups (broad SMARTS) is 1. The van der Waals surface area contributed by atoms with E-state index in [4.69, 9.17) is 26.2 Å². The van der Waals surface area contributed by atoms with E-state index in [9.17, 15) is 22.8 Å². The van der Waals surface area contributed by atoms with Gasteiger partial charge in [-0.3, -0.25) is 9.59 Å². The molecule has 12 heteroatoms. The number of rotatable bonds is 10. The van der Waals surface area contributed by atoms with Crippen LogP contribution in [-0.4, -0.2) is 78.2 Å². The number of alkyl halides is 3. The van der Waals surface area contributed by atoms with Crippen LogP contribution < -0.4 is 10.1 Å². The number of nitrogens with zero attached hydrogens (tertiary/aromatic N) is 2. The normalized spacial score (nSPS) is 13.2. The van der Waals surface area contributed by atoms with Gasteiger partial charge in [-0.2, -0.15) is 13.2 Å². The van der Waals surface area contributed by atoms with Crippen molar-refractivity contribution >= 4 is 29.4 Å². The summed E-state index contributed by atoms with van der Waals surface area (Å²) >= 11 is 6.14. The largest absolute Gasteiger partial charge is 0.494 e. The third-order valence-corrected chi connectivity index (χ3v) is 5.96. The van der Waals surface area contributed by atoms with Crippen molar-refractivity contribution in [2.75, 3.05) is 39.3 Å². The highest BCUT2D eigenvalue weighted by Crippen LogP contribution is 2.18. The SMILES string of the molecule is CCCCOc1ccc(C(=O)N(CCC(=O)N2CCNCC2)Cc2cccc(Cl)c2)cc1.O=C(O)C(F)(F)F. The van der Waals surface area contributed by atoms with Crippen LogP contribution in [0.4, 0.5) is 13.2 Å². The van der Waals surface area contributed by atoms with Crippen LogP contribution >= 0.6 is 11.6 Å². The molecule has 0 saturated carbocycles. The second kappa shape index (κ2) is 15.9. The number of aliphatic carboxylic acids is 1. The van der Waals surface area contributed by atoms with Gasteiger partial charge >= 0.3 is 12.1 Å². The fourth-order valence-corrected chi connectivity index (χ4v) is 3.83. The van der Waals surface area contributed by atoms with E-state index in [1.165, 1.54) is 0 Å². The molecule has 2 aromatic rings. The van der Waals surface area contributed by atoms with Gasteiger partial charge in [0, 0.05) is 56.3 Å². The van der Waals surface area contributed by atoms with Gasteiger partial charge in [-0.1, -0.05) is 37.1 Å². The molecule has 1 heterocycles. The van der Waals surface area contributed by atoms with Gasteiger partial charge in [0.05, 0.1) is 6.61 Å². The Labute approximate surface area is 230 Å². The number of nitrogens with one attached hydrogen (secondary N) is 1. The highest BCUT2D eigenvalue weighted by atomic mass is 35.5. The first-order chi connectivity index (χ1) is 18.5. The molecule has 3 rings (SSSR count). The molecule has 0 atom stereocenters. The Morgan fingerprint density at radius 2 is 1.74 bits per heavy atom. The fourth-order valence-electron chi connectivity index (χ4n) is 3.62. The van der Waals surface area contributed by atoms with Crippen molar-refractivity contribution in [1.82, 2.24) is 15.1 Å². The van der Waals surface area contributed by atoms with Crippen molar-refractivity contribution in [1.29, 1.82) is 0 Å². The minimum atomic E-state index is -5.08. The number of ether oxygens (including phenoxy) is 1. The molecule has 0 spiro atoms. The number of hydrogen-bond donors (Lipinski definition) is 2. The molecule has 0 aliphatic carbocycles. The van der Waals surface area contributed by atoms with E-state index in [1.807, 2.05) is 41.3 Å². The second-order valence-electron chi connectivity index (χ2n) is 8.77. The smallest absolute Gasteiger partial charge is 0.490 e. The maximum absolute atomic E-state index is 13.3. The number of amides is 2. The lowest BCUT2D eigenvalue weighted by Crippen LogP contribution is -2.47. The zero-order valence-electron chi connectivity index (χ0n) is 21.7. The molecule has 2 aromatic carbocycles. The standard InChI is InChI=1S/C25H32ClN3O3.C2HF3O2/c1-2-3-17-32-23-9-7-21(8-10-23)25(31)29(19-20-5-4-6-22(26)18-20)14-11-24(30)28-15-12-27-13-16-28;3-2(4,5)1(6)7/h4-10,18,27H,2-3,11-17,19H2,1H3;(H,6,7). The second-order valence-corrected chi connectivity index (χ2v) is 9.20. The third-order valence-electron chi connectivity index (χ3n) is 5.73. The van der Waals surface area contributed by atoms with Gasteiger partial charge in [0.1, 0.15) is 5.75 Å². The Morgan fingerprint density at radius 3 is 2.31 bits per heavy atom. The van der Waals surface area contributed by atoms with E-state index in [0.717, 1.165) is 37.2 Å². The Bertz CT molecular complexity index is 1080. The molecule has 0 unspecified atom stereocenters. The predicted molar refractivity (Wildman–Crippen MR) is 141 cm³/mol. The Morgan fingerprint density at radius 1 is 1.10 bits per heavy atom. The van der Waals surface area contributed by atoms with Gasteiger partial charge in [-0.05, 0) is 48.4 Å². The molecule has 0 radical (unpaired) electrons. The monoisotopic (exact) mass is 571 g/mol. The van der Waals surface area contributed by atoms with Crippen LogP contribution in [0.5, 0.6) is 5.75 Å². The van der Waals surface area contributed by atoms with Gasteiger partial charge in [0.15, 0.2) is 0 Å². The first kappa shape index (κ1) is 31.9. The molecule has 0 aromatic heterocycles. The number of carbonyl (C=O) groups excluding carboxylic acids is 2.